The zero-order chi connectivity index (χ0) is 17.4. The summed E-state index contributed by atoms with van der Waals surface area (Å²) in [6.45, 7) is -0.389. The van der Waals surface area contributed by atoms with E-state index in [1.165, 1.54) is 11.8 Å². The van der Waals surface area contributed by atoms with Crippen LogP contribution in [0.3, 0.4) is 0 Å². The number of nitriles is 1. The van der Waals surface area contributed by atoms with Crippen LogP contribution in [0, 0.1) is 11.3 Å². The van der Waals surface area contributed by atoms with Gasteiger partial charge < -0.3 is 10.1 Å². The minimum absolute atomic E-state index is 0.115. The Kier molecular flexibility index (Phi) is 6.85. The van der Waals surface area contributed by atoms with Crippen molar-refractivity contribution in [1.29, 1.82) is 5.26 Å². The molecule has 1 N–H and O–H groups in total. The maximum atomic E-state index is 11.8. The van der Waals surface area contributed by atoms with Gasteiger partial charge >= 0.3 is 5.97 Å². The lowest BCUT2D eigenvalue weighted by molar-refractivity contribution is -0.144. The molecule has 2 aromatic carbocycles. The zero-order valence-corrected chi connectivity index (χ0v) is 14.9. The topological polar surface area (TPSA) is 79.2 Å². The van der Waals surface area contributed by atoms with Crippen molar-refractivity contribution in [3.63, 3.8) is 0 Å². The van der Waals surface area contributed by atoms with Crippen LogP contribution in [0.5, 0.6) is 0 Å². The van der Waals surface area contributed by atoms with E-state index in [9.17, 15) is 9.59 Å². The van der Waals surface area contributed by atoms with Gasteiger partial charge in [0.05, 0.1) is 17.0 Å². The standard InChI is InChI=1S/C17H13BrN2O3S/c18-13-5-7-14(8-6-13)24-11-17(22)23-10-16(21)20-15-4-2-1-3-12(15)9-19/h1-8H,10-11H2,(H,20,21). The van der Waals surface area contributed by atoms with Crippen LogP contribution < -0.4 is 5.32 Å². The van der Waals surface area contributed by atoms with Crippen LogP contribution >= 0.6 is 27.7 Å². The monoisotopic (exact) mass is 404 g/mol. The zero-order valence-electron chi connectivity index (χ0n) is 12.5. The fourth-order valence-corrected chi connectivity index (χ4v) is 2.70. The normalized spacial score (nSPS) is 9.83. The van der Waals surface area contributed by atoms with Crippen molar-refractivity contribution in [3.8, 4) is 6.07 Å². The molecule has 122 valence electrons. The first-order valence-electron chi connectivity index (χ1n) is 6.91. The number of para-hydroxylation sites is 1. The summed E-state index contributed by atoms with van der Waals surface area (Å²) >= 11 is 4.67. The quantitative estimate of drug-likeness (QED) is 0.587. The number of nitrogens with one attached hydrogen (secondary N) is 1. The third kappa shape index (κ3) is 5.72. The number of ether oxygens (including phenoxy) is 1. The molecule has 0 unspecified atom stereocenters. The second-order valence-corrected chi connectivity index (χ2v) is 6.57. The molecule has 0 aliphatic heterocycles. The highest BCUT2D eigenvalue weighted by atomic mass is 79.9. The minimum atomic E-state index is -0.486. The highest BCUT2D eigenvalue weighted by Gasteiger charge is 2.10. The minimum Gasteiger partial charge on any atom is -0.455 e. The molecule has 5 nitrogen and oxygen atoms in total. The van der Waals surface area contributed by atoms with Crippen LogP contribution in [0.15, 0.2) is 57.9 Å². The first kappa shape index (κ1) is 18.0. The Morgan fingerprint density at radius 3 is 2.58 bits per heavy atom. The van der Waals surface area contributed by atoms with E-state index in [1.54, 1.807) is 24.3 Å². The van der Waals surface area contributed by atoms with Gasteiger partial charge in [0.2, 0.25) is 0 Å². The highest BCUT2D eigenvalue weighted by Crippen LogP contribution is 2.20. The van der Waals surface area contributed by atoms with Crippen LogP contribution in [0.1, 0.15) is 5.56 Å². The lowest BCUT2D eigenvalue weighted by Gasteiger charge is -2.07. The molecule has 1 amide bonds. The second-order valence-electron chi connectivity index (χ2n) is 4.61. The Labute approximate surface area is 152 Å². The third-order valence-corrected chi connectivity index (χ3v) is 4.37. The predicted molar refractivity (Wildman–Crippen MR) is 95.6 cm³/mol. The van der Waals surface area contributed by atoms with Crippen LogP contribution in [0.2, 0.25) is 0 Å². The van der Waals surface area contributed by atoms with Gasteiger partial charge in [0.15, 0.2) is 6.61 Å². The number of carbonyl (C=O) groups excluding carboxylic acids is 2. The lowest BCUT2D eigenvalue weighted by atomic mass is 10.2. The van der Waals surface area contributed by atoms with Crippen molar-refractivity contribution >= 4 is 45.3 Å². The largest absolute Gasteiger partial charge is 0.455 e. The molecular formula is C17H13BrN2O3S. The van der Waals surface area contributed by atoms with E-state index in [1.807, 2.05) is 30.3 Å². The molecule has 7 heteroatoms. The fourth-order valence-electron chi connectivity index (χ4n) is 1.74. The summed E-state index contributed by atoms with van der Waals surface area (Å²) in [5.74, 6) is -0.852. The van der Waals surface area contributed by atoms with Gasteiger partial charge in [-0.1, -0.05) is 28.1 Å². The second kappa shape index (κ2) is 9.11. The average Bonchev–Trinajstić information content (AvgIpc) is 2.60. The van der Waals surface area contributed by atoms with E-state index in [0.29, 0.717) is 11.3 Å². The van der Waals surface area contributed by atoms with Gasteiger partial charge in [-0.3, -0.25) is 9.59 Å². The van der Waals surface area contributed by atoms with Crippen LogP contribution in [0.25, 0.3) is 0 Å². The Morgan fingerprint density at radius 2 is 1.88 bits per heavy atom. The van der Waals surface area contributed by atoms with Crippen molar-refractivity contribution in [2.75, 3.05) is 17.7 Å². The molecule has 0 aromatic heterocycles. The molecule has 0 aliphatic rings. The van der Waals surface area contributed by atoms with Gasteiger partial charge in [-0.2, -0.15) is 5.26 Å². The summed E-state index contributed by atoms with van der Waals surface area (Å²) in [5.41, 5.74) is 0.744. The fraction of sp³-hybridized carbons (Fsp3) is 0.118. The SMILES string of the molecule is N#Cc1ccccc1NC(=O)COC(=O)CSc1ccc(Br)cc1. The van der Waals surface area contributed by atoms with E-state index < -0.39 is 11.9 Å². The lowest BCUT2D eigenvalue weighted by Crippen LogP contribution is -2.22. The molecule has 0 aliphatic carbocycles. The van der Waals surface area contributed by atoms with E-state index in [2.05, 4.69) is 21.2 Å². The molecule has 0 saturated carbocycles. The summed E-state index contributed by atoms with van der Waals surface area (Å²) < 4.78 is 5.89. The number of thioether (sulfide) groups is 1. The Hall–Kier alpha value is -2.30. The molecule has 0 radical (unpaired) electrons. The number of amides is 1. The van der Waals surface area contributed by atoms with Crippen molar-refractivity contribution < 1.29 is 14.3 Å². The number of hydrogen-bond acceptors (Lipinski definition) is 5. The molecular weight excluding hydrogens is 392 g/mol. The van der Waals surface area contributed by atoms with Crippen LogP contribution in [-0.2, 0) is 14.3 Å². The van der Waals surface area contributed by atoms with Gasteiger partial charge in [0.25, 0.3) is 5.91 Å². The molecule has 0 spiro atoms. The summed E-state index contributed by atoms with van der Waals surface area (Å²) in [7, 11) is 0. The molecule has 0 bridgehead atoms. The Morgan fingerprint density at radius 1 is 1.17 bits per heavy atom. The van der Waals surface area contributed by atoms with Gasteiger partial charge in [0, 0.05) is 9.37 Å². The first-order valence-corrected chi connectivity index (χ1v) is 8.69. The Balaban J connectivity index is 1.76. The summed E-state index contributed by atoms with van der Waals surface area (Å²) in [4.78, 5) is 24.4. The molecule has 0 saturated heterocycles. The number of anilines is 1. The molecule has 24 heavy (non-hydrogen) atoms. The molecule has 0 atom stereocenters. The van der Waals surface area contributed by atoms with Gasteiger partial charge in [0.1, 0.15) is 6.07 Å². The average molecular weight is 405 g/mol. The van der Waals surface area contributed by atoms with E-state index in [4.69, 9.17) is 10.00 Å². The van der Waals surface area contributed by atoms with Gasteiger partial charge in [-0.05, 0) is 36.4 Å². The highest BCUT2D eigenvalue weighted by molar-refractivity contribution is 9.10. The van der Waals surface area contributed by atoms with Gasteiger partial charge in [-0.25, -0.2) is 0 Å². The third-order valence-electron chi connectivity index (χ3n) is 2.86. The van der Waals surface area contributed by atoms with Crippen molar-refractivity contribution in [2.45, 2.75) is 4.90 Å². The maximum Gasteiger partial charge on any atom is 0.316 e. The van der Waals surface area contributed by atoms with Crippen LogP contribution in [0.4, 0.5) is 5.69 Å². The van der Waals surface area contributed by atoms with E-state index >= 15 is 0 Å². The van der Waals surface area contributed by atoms with Crippen molar-refractivity contribution in [3.05, 3.63) is 58.6 Å². The number of hydrogen-bond donors (Lipinski definition) is 1. The van der Waals surface area contributed by atoms with Crippen LogP contribution in [-0.4, -0.2) is 24.2 Å². The molecule has 0 heterocycles. The number of halogens is 1. The molecule has 0 fully saturated rings. The smallest absolute Gasteiger partial charge is 0.316 e. The molecule has 2 rings (SSSR count). The summed E-state index contributed by atoms with van der Waals surface area (Å²) in [5, 5.41) is 11.5. The number of nitrogens with zero attached hydrogens (tertiary/aromatic N) is 1. The predicted octanol–water partition coefficient (Wildman–Crippen LogP) is 3.59. The molecule has 2 aromatic rings. The summed E-state index contributed by atoms with van der Waals surface area (Å²) in [6.07, 6.45) is 0. The van der Waals surface area contributed by atoms with Crippen molar-refractivity contribution in [1.82, 2.24) is 0 Å². The van der Waals surface area contributed by atoms with E-state index in [0.717, 1.165) is 9.37 Å². The number of benzene rings is 2. The number of esters is 1. The first-order chi connectivity index (χ1) is 11.6. The van der Waals surface area contributed by atoms with Gasteiger partial charge in [-0.15, -0.1) is 11.8 Å². The number of carbonyl (C=O) groups is 2. The van der Waals surface area contributed by atoms with E-state index in [-0.39, 0.29) is 12.4 Å². The maximum absolute atomic E-state index is 11.8. The number of rotatable bonds is 6. The Bertz CT molecular complexity index is 772. The summed E-state index contributed by atoms with van der Waals surface area (Å²) in [6, 6.07) is 16.1. The van der Waals surface area contributed by atoms with Crippen molar-refractivity contribution in [2.24, 2.45) is 0 Å².